The molecule has 0 aromatic carbocycles. The summed E-state index contributed by atoms with van der Waals surface area (Å²) in [5.74, 6) is 0.0574. The topological polar surface area (TPSA) is 41.6 Å². The maximum Gasteiger partial charge on any atom is 0.216 e. The third-order valence-corrected chi connectivity index (χ3v) is 2.13. The summed E-state index contributed by atoms with van der Waals surface area (Å²) >= 11 is 0. The first-order valence-electron chi connectivity index (χ1n) is 5.83. The molecule has 1 rings (SSSR count). The van der Waals surface area contributed by atoms with Crippen LogP contribution in [0.4, 0.5) is 0 Å². The van der Waals surface area contributed by atoms with E-state index in [1.165, 1.54) is 0 Å². The Morgan fingerprint density at radius 2 is 1.93 bits per heavy atom. The summed E-state index contributed by atoms with van der Waals surface area (Å²) in [6, 6.07) is 0. The van der Waals surface area contributed by atoms with E-state index in [9.17, 15) is 4.79 Å². The summed E-state index contributed by atoms with van der Waals surface area (Å²) in [5.41, 5.74) is 0. The van der Waals surface area contributed by atoms with Gasteiger partial charge < -0.3 is 10.1 Å². The standard InChI is InChI=1S/C9H18N2O2.C2H6/c1-9(12)10-3-2-4-11-5-7-13-8-6-11;1-2/h2-8H2,1H3,(H,10,12);1-2H3. The van der Waals surface area contributed by atoms with Gasteiger partial charge >= 0.3 is 0 Å². The molecule has 1 saturated heterocycles. The maximum absolute atomic E-state index is 10.6. The van der Waals surface area contributed by atoms with Crippen LogP contribution >= 0.6 is 0 Å². The number of hydrogen-bond donors (Lipinski definition) is 1. The number of amides is 1. The monoisotopic (exact) mass is 216 g/mol. The number of carbonyl (C=O) groups excluding carboxylic acids is 1. The highest BCUT2D eigenvalue weighted by molar-refractivity contribution is 5.72. The molecule has 1 amide bonds. The molecule has 4 heteroatoms. The number of nitrogens with one attached hydrogen (secondary N) is 1. The lowest BCUT2D eigenvalue weighted by molar-refractivity contribution is -0.118. The second-order valence-electron chi connectivity index (χ2n) is 3.29. The Hall–Kier alpha value is -0.610. The van der Waals surface area contributed by atoms with Gasteiger partial charge in [-0.3, -0.25) is 9.69 Å². The number of rotatable bonds is 4. The van der Waals surface area contributed by atoms with Crippen LogP contribution in [0.1, 0.15) is 27.2 Å². The van der Waals surface area contributed by atoms with Gasteiger partial charge in [0.1, 0.15) is 0 Å². The van der Waals surface area contributed by atoms with Crippen molar-refractivity contribution in [3.8, 4) is 0 Å². The zero-order valence-corrected chi connectivity index (χ0v) is 10.2. The summed E-state index contributed by atoms with van der Waals surface area (Å²) in [5, 5.41) is 2.79. The van der Waals surface area contributed by atoms with E-state index in [1.54, 1.807) is 6.92 Å². The Bertz CT molecular complexity index is 157. The van der Waals surface area contributed by atoms with Crippen LogP contribution in [0.25, 0.3) is 0 Å². The molecule has 1 aliphatic heterocycles. The highest BCUT2D eigenvalue weighted by Crippen LogP contribution is 1.96. The molecule has 1 heterocycles. The van der Waals surface area contributed by atoms with E-state index in [-0.39, 0.29) is 5.91 Å². The first kappa shape index (κ1) is 14.4. The largest absolute Gasteiger partial charge is 0.379 e. The van der Waals surface area contributed by atoms with Gasteiger partial charge in [0, 0.05) is 26.6 Å². The van der Waals surface area contributed by atoms with Gasteiger partial charge in [-0.15, -0.1) is 0 Å². The van der Waals surface area contributed by atoms with Crippen molar-refractivity contribution in [3.05, 3.63) is 0 Å². The van der Waals surface area contributed by atoms with E-state index >= 15 is 0 Å². The molecule has 1 fully saturated rings. The molecular formula is C11H24N2O2. The van der Waals surface area contributed by atoms with Crippen LogP contribution in [-0.4, -0.2) is 50.2 Å². The van der Waals surface area contributed by atoms with Crippen LogP contribution in [0.3, 0.4) is 0 Å². The maximum atomic E-state index is 10.6. The van der Waals surface area contributed by atoms with E-state index < -0.39 is 0 Å². The molecule has 0 aromatic rings. The molecule has 1 aliphatic rings. The fraction of sp³-hybridized carbons (Fsp3) is 0.909. The Morgan fingerprint density at radius 1 is 1.33 bits per heavy atom. The molecule has 0 radical (unpaired) electrons. The van der Waals surface area contributed by atoms with Gasteiger partial charge in [0.05, 0.1) is 13.2 Å². The molecule has 0 aromatic heterocycles. The van der Waals surface area contributed by atoms with Gasteiger partial charge in [0.2, 0.25) is 5.91 Å². The van der Waals surface area contributed by atoms with Crippen LogP contribution in [0.2, 0.25) is 0 Å². The zero-order valence-electron chi connectivity index (χ0n) is 10.2. The molecule has 0 bridgehead atoms. The Morgan fingerprint density at radius 3 is 2.47 bits per heavy atom. The van der Waals surface area contributed by atoms with Crippen LogP contribution in [0.15, 0.2) is 0 Å². The van der Waals surface area contributed by atoms with Gasteiger partial charge in [0.15, 0.2) is 0 Å². The Kier molecular flexibility index (Phi) is 9.52. The van der Waals surface area contributed by atoms with Crippen LogP contribution in [-0.2, 0) is 9.53 Å². The fourth-order valence-corrected chi connectivity index (χ4v) is 1.39. The molecule has 0 saturated carbocycles. The summed E-state index contributed by atoms with van der Waals surface area (Å²) in [6.07, 6.45) is 1.03. The predicted molar refractivity (Wildman–Crippen MR) is 61.9 cm³/mol. The molecule has 4 nitrogen and oxygen atoms in total. The average Bonchev–Trinajstić information content (AvgIpc) is 2.28. The van der Waals surface area contributed by atoms with Crippen molar-refractivity contribution in [2.24, 2.45) is 0 Å². The molecule has 90 valence electrons. The molecule has 0 atom stereocenters. The van der Waals surface area contributed by atoms with Crippen LogP contribution in [0, 0.1) is 0 Å². The molecule has 0 unspecified atom stereocenters. The first-order valence-corrected chi connectivity index (χ1v) is 5.83. The lowest BCUT2D eigenvalue weighted by Crippen LogP contribution is -2.38. The number of hydrogen-bond acceptors (Lipinski definition) is 3. The predicted octanol–water partition coefficient (Wildman–Crippen LogP) is 0.871. The quantitative estimate of drug-likeness (QED) is 0.709. The molecule has 1 N–H and O–H groups in total. The van der Waals surface area contributed by atoms with Crippen molar-refractivity contribution >= 4 is 5.91 Å². The molecular weight excluding hydrogens is 192 g/mol. The average molecular weight is 216 g/mol. The number of carbonyl (C=O) groups is 1. The van der Waals surface area contributed by atoms with Crippen LogP contribution < -0.4 is 5.32 Å². The number of morpholine rings is 1. The van der Waals surface area contributed by atoms with Gasteiger partial charge in [-0.05, 0) is 13.0 Å². The smallest absolute Gasteiger partial charge is 0.216 e. The van der Waals surface area contributed by atoms with Crippen LogP contribution in [0.5, 0.6) is 0 Å². The van der Waals surface area contributed by atoms with Crippen molar-refractivity contribution in [2.75, 3.05) is 39.4 Å². The summed E-state index contributed by atoms with van der Waals surface area (Å²) in [6.45, 7) is 11.1. The lowest BCUT2D eigenvalue weighted by atomic mass is 10.3. The number of nitrogens with zero attached hydrogens (tertiary/aromatic N) is 1. The minimum atomic E-state index is 0.0574. The minimum Gasteiger partial charge on any atom is -0.379 e. The van der Waals surface area contributed by atoms with Gasteiger partial charge in [-0.1, -0.05) is 13.8 Å². The second kappa shape index (κ2) is 9.93. The van der Waals surface area contributed by atoms with E-state index in [4.69, 9.17) is 4.74 Å². The van der Waals surface area contributed by atoms with Gasteiger partial charge in [-0.25, -0.2) is 0 Å². The van der Waals surface area contributed by atoms with Crippen molar-refractivity contribution in [3.63, 3.8) is 0 Å². The fourth-order valence-electron chi connectivity index (χ4n) is 1.39. The first-order chi connectivity index (χ1) is 7.29. The van der Waals surface area contributed by atoms with E-state index in [0.29, 0.717) is 0 Å². The highest BCUT2D eigenvalue weighted by atomic mass is 16.5. The normalized spacial score (nSPS) is 16.5. The molecule has 15 heavy (non-hydrogen) atoms. The van der Waals surface area contributed by atoms with Crippen molar-refractivity contribution in [1.29, 1.82) is 0 Å². The molecule has 0 spiro atoms. The third kappa shape index (κ3) is 8.39. The van der Waals surface area contributed by atoms with Crippen molar-refractivity contribution in [1.82, 2.24) is 10.2 Å². The highest BCUT2D eigenvalue weighted by Gasteiger charge is 2.08. The summed E-state index contributed by atoms with van der Waals surface area (Å²) in [7, 11) is 0. The lowest BCUT2D eigenvalue weighted by Gasteiger charge is -2.26. The summed E-state index contributed by atoms with van der Waals surface area (Å²) in [4.78, 5) is 12.9. The summed E-state index contributed by atoms with van der Waals surface area (Å²) < 4.78 is 5.23. The Labute approximate surface area is 93.0 Å². The van der Waals surface area contributed by atoms with E-state index in [0.717, 1.165) is 45.8 Å². The Balaban J connectivity index is 0.000000921. The second-order valence-corrected chi connectivity index (χ2v) is 3.29. The van der Waals surface area contributed by atoms with Crippen molar-refractivity contribution in [2.45, 2.75) is 27.2 Å². The van der Waals surface area contributed by atoms with E-state index in [1.807, 2.05) is 13.8 Å². The van der Waals surface area contributed by atoms with E-state index in [2.05, 4.69) is 10.2 Å². The van der Waals surface area contributed by atoms with Gasteiger partial charge in [0.25, 0.3) is 0 Å². The molecule has 0 aliphatic carbocycles. The number of ether oxygens (including phenoxy) is 1. The van der Waals surface area contributed by atoms with Gasteiger partial charge in [-0.2, -0.15) is 0 Å². The third-order valence-electron chi connectivity index (χ3n) is 2.13. The minimum absolute atomic E-state index is 0.0574. The van der Waals surface area contributed by atoms with Crippen molar-refractivity contribution < 1.29 is 9.53 Å². The zero-order chi connectivity index (χ0) is 11.5. The SMILES string of the molecule is CC.CC(=O)NCCCN1CCOCC1.